The lowest BCUT2D eigenvalue weighted by atomic mass is 9.71. The summed E-state index contributed by atoms with van der Waals surface area (Å²) in [6, 6.07) is 10.4. The van der Waals surface area contributed by atoms with Crippen LogP contribution in [0.1, 0.15) is 67.5 Å². The predicted molar refractivity (Wildman–Crippen MR) is 201 cm³/mol. The van der Waals surface area contributed by atoms with Gasteiger partial charge in [-0.05, 0) is 80.1 Å². The van der Waals surface area contributed by atoms with Gasteiger partial charge in [0.2, 0.25) is 6.79 Å². The van der Waals surface area contributed by atoms with E-state index in [1.807, 2.05) is 25.1 Å². The minimum Gasteiger partial charge on any atom is -0.504 e. The number of hydrogen-bond acceptors (Lipinski definition) is 12. The van der Waals surface area contributed by atoms with E-state index >= 15 is 0 Å². The normalized spacial score (nSPS) is 31.0. The molecule has 7 aliphatic rings. The van der Waals surface area contributed by atoms with Crippen LogP contribution in [-0.2, 0) is 27.9 Å². The summed E-state index contributed by atoms with van der Waals surface area (Å²) in [6.07, 6.45) is 1.11. The molecule has 0 saturated carbocycles. The van der Waals surface area contributed by atoms with Gasteiger partial charge in [-0.3, -0.25) is 15.1 Å². The number of ether oxygens (including phenoxy) is 4. The number of para-hydroxylation sites is 1. The number of fused-ring (bicyclic) bond motifs is 11. The summed E-state index contributed by atoms with van der Waals surface area (Å²) in [5, 5.41) is 38.1. The molecule has 54 heavy (non-hydrogen) atoms. The molecule has 0 radical (unpaired) electrons. The van der Waals surface area contributed by atoms with Crippen molar-refractivity contribution in [3.05, 3.63) is 80.5 Å². The summed E-state index contributed by atoms with van der Waals surface area (Å²) in [4.78, 5) is 23.1. The number of aliphatic hydroxyl groups excluding tert-OH is 1. The van der Waals surface area contributed by atoms with Crippen molar-refractivity contribution in [2.75, 3.05) is 39.9 Å². The summed E-state index contributed by atoms with van der Waals surface area (Å²) in [6.45, 7) is 6.00. The van der Waals surface area contributed by atoms with Crippen LogP contribution in [-0.4, -0.2) is 95.1 Å². The number of likely N-dealkylation sites (N-methyl/N-ethyl adjacent to an activating group) is 1. The Morgan fingerprint density at radius 1 is 1.09 bits per heavy atom. The number of piperazine rings is 1. The zero-order chi connectivity index (χ0) is 37.4. The molecule has 13 heteroatoms. The molecule has 7 aliphatic heterocycles. The molecule has 8 heterocycles. The Kier molecular flexibility index (Phi) is 7.59. The molecular weight excluding hydrogens is 707 g/mol. The highest BCUT2D eigenvalue weighted by molar-refractivity contribution is 7.99. The quantitative estimate of drug-likeness (QED) is 0.214. The van der Waals surface area contributed by atoms with Gasteiger partial charge < -0.3 is 34.1 Å². The van der Waals surface area contributed by atoms with Crippen LogP contribution in [0.15, 0.2) is 30.3 Å². The molecule has 1 spiro atoms. The average molecular weight is 750 g/mol. The number of methoxy groups -OCH3 is 1. The van der Waals surface area contributed by atoms with Crippen LogP contribution in [0.3, 0.4) is 0 Å². The van der Waals surface area contributed by atoms with Gasteiger partial charge in [0, 0.05) is 51.2 Å². The zero-order valence-corrected chi connectivity index (χ0v) is 31.7. The zero-order valence-electron chi connectivity index (χ0n) is 30.9. The van der Waals surface area contributed by atoms with Gasteiger partial charge in [0.05, 0.1) is 37.6 Å². The topological polar surface area (TPSA) is 153 Å². The molecule has 1 aromatic heterocycles. The fraction of sp³-hybridized carbons (Fsp3) is 0.463. The number of aliphatic hydroxyl groups is 1. The third kappa shape index (κ3) is 4.31. The number of phenolic OH excluding ortho intramolecular Hbond substituents is 1. The van der Waals surface area contributed by atoms with E-state index < -0.39 is 23.6 Å². The molecule has 8 atom stereocenters. The fourth-order valence-electron chi connectivity index (χ4n) is 10.8. The van der Waals surface area contributed by atoms with Crippen molar-refractivity contribution < 1.29 is 34.0 Å². The maximum Gasteiger partial charge on any atom is 0.333 e. The number of aryl methyl sites for hydroxylation is 1. The highest BCUT2D eigenvalue weighted by Gasteiger charge is 2.61. The number of phenols is 1. The molecule has 2 fully saturated rings. The number of nitrogens with one attached hydrogen (secondary N) is 2. The van der Waals surface area contributed by atoms with E-state index in [2.05, 4.69) is 59.2 Å². The molecule has 4 bridgehead atoms. The maximum absolute atomic E-state index is 14.9. The van der Waals surface area contributed by atoms with Crippen LogP contribution < -0.4 is 19.5 Å². The van der Waals surface area contributed by atoms with E-state index in [4.69, 9.17) is 18.9 Å². The SMILES string of the molecule is COc1c(C)cc2c(c1O)[C@@H]1[C@@H]3[C@@H]4SC[C@]5(N[C@H](CO)Cc6c5[nH]c5ccccc65)C(=O)OC[C@@H](c5c6c(c(C)c(C)c54)OCO6)N3[C@@H](C#N)[C@H](C2)N1C. The van der Waals surface area contributed by atoms with Crippen molar-refractivity contribution in [1.29, 1.82) is 5.26 Å². The van der Waals surface area contributed by atoms with Gasteiger partial charge in [0.15, 0.2) is 28.5 Å². The first-order valence-electron chi connectivity index (χ1n) is 18.6. The van der Waals surface area contributed by atoms with Crippen LogP contribution in [0.5, 0.6) is 23.0 Å². The summed E-state index contributed by atoms with van der Waals surface area (Å²) < 4.78 is 24.7. The lowest BCUT2D eigenvalue weighted by Gasteiger charge is -2.62. The number of nitrogens with zero attached hydrogens (tertiary/aromatic N) is 3. The Morgan fingerprint density at radius 2 is 1.89 bits per heavy atom. The van der Waals surface area contributed by atoms with Crippen LogP contribution in [0.2, 0.25) is 0 Å². The number of benzene rings is 3. The predicted octanol–water partition coefficient (Wildman–Crippen LogP) is 4.50. The third-order valence-corrected chi connectivity index (χ3v) is 14.7. The van der Waals surface area contributed by atoms with E-state index in [0.29, 0.717) is 30.1 Å². The third-order valence-electron chi connectivity index (χ3n) is 13.2. The largest absolute Gasteiger partial charge is 0.504 e. The number of aromatic nitrogens is 1. The van der Waals surface area contributed by atoms with Gasteiger partial charge >= 0.3 is 5.97 Å². The number of esters is 1. The number of aromatic amines is 1. The van der Waals surface area contributed by atoms with Gasteiger partial charge in [0.1, 0.15) is 12.6 Å². The first-order valence-corrected chi connectivity index (χ1v) is 19.7. The molecular formula is C41H43N5O7S. The Morgan fingerprint density at radius 3 is 2.67 bits per heavy atom. The average Bonchev–Trinajstić information content (AvgIpc) is 3.81. The molecule has 4 N–H and O–H groups in total. The van der Waals surface area contributed by atoms with Gasteiger partial charge in [-0.25, -0.2) is 4.79 Å². The Balaban J connectivity index is 1.23. The minimum absolute atomic E-state index is 0.0435. The smallest absolute Gasteiger partial charge is 0.333 e. The second-order valence-electron chi connectivity index (χ2n) is 15.7. The number of rotatable bonds is 2. The molecule has 0 unspecified atom stereocenters. The van der Waals surface area contributed by atoms with E-state index in [1.54, 1.807) is 18.9 Å². The van der Waals surface area contributed by atoms with Gasteiger partial charge in [-0.15, -0.1) is 11.8 Å². The highest BCUT2D eigenvalue weighted by Crippen LogP contribution is 2.63. The molecule has 11 rings (SSSR count). The summed E-state index contributed by atoms with van der Waals surface area (Å²) in [5.41, 5.74) is 8.07. The van der Waals surface area contributed by atoms with E-state index in [1.165, 1.54) is 0 Å². The van der Waals surface area contributed by atoms with E-state index in [0.717, 1.165) is 61.1 Å². The number of thioether (sulfide) groups is 1. The number of carbonyl (C=O) groups is 1. The van der Waals surface area contributed by atoms with Crippen molar-refractivity contribution in [2.24, 2.45) is 0 Å². The Hall–Kier alpha value is -4.45. The molecule has 2 saturated heterocycles. The van der Waals surface area contributed by atoms with Crippen LogP contribution in [0.4, 0.5) is 0 Å². The number of nitriles is 1. The summed E-state index contributed by atoms with van der Waals surface area (Å²) in [5.74, 6) is 1.73. The molecule has 0 amide bonds. The minimum atomic E-state index is -1.31. The molecule has 280 valence electrons. The molecule has 4 aromatic rings. The lowest BCUT2D eigenvalue weighted by Crippen LogP contribution is -2.69. The standard InChI is InChI=1S/C41H43N5O7S/c1-18-10-21-11-26-27(13-42)46-28-15-51-40(49)41(39-24(12-22(14-47)44-41)23-8-6-7-9-25(23)43-39)16-54-38(29-19(2)20(3)36-37(31(28)29)53-17-52-36)33(46)32(45(26)4)30(21)34(48)35(18)50-5/h6-10,22,26-28,32-33,38,43-44,47-48H,11-12,14-17H2,1-5H3/t22-,26-,27-,28-,32+,33+,38+,41+/m0/s1. The highest BCUT2D eigenvalue weighted by atomic mass is 32.2. The van der Waals surface area contributed by atoms with Gasteiger partial charge in [-0.2, -0.15) is 5.26 Å². The van der Waals surface area contributed by atoms with Crippen molar-refractivity contribution in [1.82, 2.24) is 20.1 Å². The Labute approximate surface area is 317 Å². The van der Waals surface area contributed by atoms with Gasteiger partial charge in [-0.1, -0.05) is 24.3 Å². The second kappa shape index (κ2) is 12.0. The van der Waals surface area contributed by atoms with Crippen molar-refractivity contribution in [2.45, 2.75) is 80.7 Å². The lowest BCUT2D eigenvalue weighted by molar-refractivity contribution is -0.158. The maximum atomic E-state index is 14.9. The number of H-pyrrole nitrogens is 1. The van der Waals surface area contributed by atoms with Gasteiger partial charge in [0.25, 0.3) is 0 Å². The van der Waals surface area contributed by atoms with Crippen molar-refractivity contribution in [3.8, 4) is 29.1 Å². The van der Waals surface area contributed by atoms with Crippen LogP contribution in [0, 0.1) is 32.1 Å². The molecule has 0 aliphatic carbocycles. The Bertz CT molecular complexity index is 2320. The summed E-state index contributed by atoms with van der Waals surface area (Å²) >= 11 is 1.65. The van der Waals surface area contributed by atoms with Crippen molar-refractivity contribution >= 4 is 28.6 Å². The first kappa shape index (κ1) is 34.1. The second-order valence-corrected chi connectivity index (χ2v) is 16.8. The number of hydrogen-bond donors (Lipinski definition) is 4. The van der Waals surface area contributed by atoms with Crippen LogP contribution >= 0.6 is 11.8 Å². The fourth-order valence-corrected chi connectivity index (χ4v) is 12.6. The van der Waals surface area contributed by atoms with Crippen LogP contribution in [0.25, 0.3) is 10.9 Å². The number of carbonyl (C=O) groups excluding carboxylic acids is 1. The monoisotopic (exact) mass is 749 g/mol. The van der Waals surface area contributed by atoms with E-state index in [9.17, 15) is 20.3 Å². The first-order chi connectivity index (χ1) is 26.1. The van der Waals surface area contributed by atoms with Crippen molar-refractivity contribution in [3.63, 3.8) is 0 Å². The van der Waals surface area contributed by atoms with E-state index in [-0.39, 0.29) is 60.9 Å². The molecule has 3 aromatic carbocycles. The summed E-state index contributed by atoms with van der Waals surface area (Å²) in [7, 11) is 3.65. The molecule has 12 nitrogen and oxygen atoms in total. The number of aromatic hydroxyl groups is 1.